The van der Waals surface area contributed by atoms with Crippen molar-refractivity contribution in [2.45, 2.75) is 92.4 Å². The number of ether oxygens (including phenoxy) is 3. The predicted molar refractivity (Wildman–Crippen MR) is 155 cm³/mol. The molecule has 0 fully saturated rings. The van der Waals surface area contributed by atoms with E-state index < -0.39 is 47.9 Å². The van der Waals surface area contributed by atoms with E-state index in [1.54, 1.807) is 27.1 Å². The summed E-state index contributed by atoms with van der Waals surface area (Å²) in [7, 11) is 3.04. The first-order chi connectivity index (χ1) is 19.8. The minimum atomic E-state index is -0.857. The number of nitrogens with one attached hydrogen (secondary N) is 3. The van der Waals surface area contributed by atoms with Gasteiger partial charge in [-0.3, -0.25) is 24.5 Å². The van der Waals surface area contributed by atoms with Crippen molar-refractivity contribution in [3.63, 3.8) is 0 Å². The summed E-state index contributed by atoms with van der Waals surface area (Å²) >= 11 is 0. The molecule has 5 atom stereocenters. The molecule has 2 amide bonds. The lowest BCUT2D eigenvalue weighted by Crippen LogP contribution is -2.57. The number of methoxy groups -OCH3 is 1. The summed E-state index contributed by atoms with van der Waals surface area (Å²) in [6.45, 7) is 13.2. The standard InChI is InChI=1S/C29H49N5O8/c1-10-18(6)25(27(37)32-19(7)28(38)40-9)33-26(36)24(17(4)5)31-16-21-15-30-22(34(21)8)13-20(29(39)42-12-3)14-23(35)41-11-2/h15,17-20,24-25,31H,10-14,16H2,1-9H3,(H,32,37)(H,33,36)/t18-,19-,20?,24-,25-/m0/s1. The second-order valence-corrected chi connectivity index (χ2v) is 10.6. The van der Waals surface area contributed by atoms with Gasteiger partial charge >= 0.3 is 17.9 Å². The predicted octanol–water partition coefficient (Wildman–Crippen LogP) is 1.42. The van der Waals surface area contributed by atoms with Gasteiger partial charge in [-0.05, 0) is 32.6 Å². The van der Waals surface area contributed by atoms with E-state index in [-0.39, 0.29) is 50.3 Å². The van der Waals surface area contributed by atoms with Gasteiger partial charge < -0.3 is 29.4 Å². The van der Waals surface area contributed by atoms with Crippen molar-refractivity contribution >= 4 is 29.7 Å². The van der Waals surface area contributed by atoms with Crippen molar-refractivity contribution in [2.24, 2.45) is 24.8 Å². The van der Waals surface area contributed by atoms with E-state index >= 15 is 0 Å². The highest BCUT2D eigenvalue weighted by Crippen LogP contribution is 2.17. The molecule has 3 N–H and O–H groups in total. The SMILES string of the molecule is CCOC(=O)CC(Cc1ncc(CN[C@H](C(=O)N[C@H](C(=O)N[C@@H](C)C(=O)OC)[C@@H](C)CC)C(C)C)n1C)C(=O)OCC. The fourth-order valence-electron chi connectivity index (χ4n) is 4.31. The lowest BCUT2D eigenvalue weighted by molar-refractivity contribution is -0.154. The van der Waals surface area contributed by atoms with E-state index in [4.69, 9.17) is 9.47 Å². The number of hydrogen-bond donors (Lipinski definition) is 3. The van der Waals surface area contributed by atoms with Crippen LogP contribution in [-0.4, -0.2) is 77.7 Å². The van der Waals surface area contributed by atoms with Gasteiger partial charge in [-0.25, -0.2) is 9.78 Å². The number of imidazole rings is 1. The van der Waals surface area contributed by atoms with Gasteiger partial charge in [0.15, 0.2) is 0 Å². The molecular weight excluding hydrogens is 546 g/mol. The van der Waals surface area contributed by atoms with Gasteiger partial charge in [0.05, 0.1) is 44.4 Å². The van der Waals surface area contributed by atoms with Crippen LogP contribution in [0.25, 0.3) is 0 Å². The summed E-state index contributed by atoms with van der Waals surface area (Å²) in [5.41, 5.74) is 0.755. The minimum absolute atomic E-state index is 0.119. The zero-order valence-electron chi connectivity index (χ0n) is 26.4. The summed E-state index contributed by atoms with van der Waals surface area (Å²) in [5, 5.41) is 8.74. The molecular formula is C29H49N5O8. The fraction of sp³-hybridized carbons (Fsp3) is 0.724. The third kappa shape index (κ3) is 11.1. The monoisotopic (exact) mass is 595 g/mol. The van der Waals surface area contributed by atoms with Gasteiger partial charge in [0.2, 0.25) is 11.8 Å². The molecule has 1 aromatic heterocycles. The quantitative estimate of drug-likeness (QED) is 0.167. The molecule has 0 radical (unpaired) electrons. The summed E-state index contributed by atoms with van der Waals surface area (Å²) in [5.74, 6) is -2.85. The summed E-state index contributed by atoms with van der Waals surface area (Å²) < 4.78 is 16.7. The lowest BCUT2D eigenvalue weighted by atomic mass is 9.96. The molecule has 238 valence electrons. The van der Waals surface area contributed by atoms with Gasteiger partial charge in [0.1, 0.15) is 17.9 Å². The van der Waals surface area contributed by atoms with Crippen LogP contribution in [0, 0.1) is 17.8 Å². The van der Waals surface area contributed by atoms with Crippen LogP contribution in [0.2, 0.25) is 0 Å². The van der Waals surface area contributed by atoms with Gasteiger partial charge in [0, 0.05) is 26.2 Å². The largest absolute Gasteiger partial charge is 0.467 e. The normalized spacial score (nSPS) is 14.7. The van der Waals surface area contributed by atoms with Crippen molar-refractivity contribution < 1.29 is 38.2 Å². The number of hydrogen-bond acceptors (Lipinski definition) is 10. The lowest BCUT2D eigenvalue weighted by Gasteiger charge is -2.28. The van der Waals surface area contributed by atoms with E-state index in [2.05, 4.69) is 25.7 Å². The van der Waals surface area contributed by atoms with Crippen molar-refractivity contribution in [3.05, 3.63) is 17.7 Å². The first kappa shape index (κ1) is 36.5. The molecule has 13 heteroatoms. The summed E-state index contributed by atoms with van der Waals surface area (Å²) in [6.07, 6.45) is 2.34. The summed E-state index contributed by atoms with van der Waals surface area (Å²) in [4.78, 5) is 67.2. The molecule has 0 aliphatic carbocycles. The molecule has 1 aromatic rings. The Kier molecular flexibility index (Phi) is 15.8. The van der Waals surface area contributed by atoms with E-state index in [0.717, 1.165) is 5.69 Å². The Balaban J connectivity index is 3.01. The number of nitrogens with zero attached hydrogens (tertiary/aromatic N) is 2. The molecule has 13 nitrogen and oxygen atoms in total. The number of rotatable bonds is 18. The Hall–Kier alpha value is -3.48. The highest BCUT2D eigenvalue weighted by Gasteiger charge is 2.32. The van der Waals surface area contributed by atoms with Crippen LogP contribution in [0.3, 0.4) is 0 Å². The molecule has 0 aromatic carbocycles. The van der Waals surface area contributed by atoms with Gasteiger partial charge in [0.25, 0.3) is 0 Å². The second kappa shape index (κ2) is 18.1. The Morgan fingerprint density at radius 3 is 2.07 bits per heavy atom. The molecule has 42 heavy (non-hydrogen) atoms. The highest BCUT2D eigenvalue weighted by molar-refractivity contribution is 5.92. The molecule has 0 saturated carbocycles. The van der Waals surface area contributed by atoms with Crippen LogP contribution < -0.4 is 16.0 Å². The molecule has 1 heterocycles. The van der Waals surface area contributed by atoms with E-state index in [1.165, 1.54) is 14.0 Å². The highest BCUT2D eigenvalue weighted by atomic mass is 16.5. The maximum absolute atomic E-state index is 13.4. The number of amides is 2. The van der Waals surface area contributed by atoms with Crippen LogP contribution in [0.5, 0.6) is 0 Å². The van der Waals surface area contributed by atoms with Gasteiger partial charge in [-0.15, -0.1) is 0 Å². The van der Waals surface area contributed by atoms with E-state index in [9.17, 15) is 24.0 Å². The fourth-order valence-corrected chi connectivity index (χ4v) is 4.31. The molecule has 0 bridgehead atoms. The topological polar surface area (TPSA) is 167 Å². The number of carbonyl (C=O) groups is 5. The number of esters is 3. The Labute approximate surface area is 248 Å². The Morgan fingerprint density at radius 1 is 0.905 bits per heavy atom. The number of carbonyl (C=O) groups excluding carboxylic acids is 5. The third-order valence-corrected chi connectivity index (χ3v) is 7.11. The molecule has 0 aliphatic rings. The van der Waals surface area contributed by atoms with Crippen molar-refractivity contribution in [1.82, 2.24) is 25.5 Å². The molecule has 1 rings (SSSR count). The van der Waals surface area contributed by atoms with Crippen LogP contribution in [0.1, 0.15) is 72.8 Å². The van der Waals surface area contributed by atoms with Crippen molar-refractivity contribution in [3.8, 4) is 0 Å². The summed E-state index contributed by atoms with van der Waals surface area (Å²) in [6, 6.07) is -2.35. The van der Waals surface area contributed by atoms with Crippen LogP contribution >= 0.6 is 0 Å². The third-order valence-electron chi connectivity index (χ3n) is 7.11. The van der Waals surface area contributed by atoms with E-state index in [0.29, 0.717) is 12.2 Å². The molecule has 0 saturated heterocycles. The Bertz CT molecular complexity index is 1060. The molecule has 0 aliphatic heterocycles. The minimum Gasteiger partial charge on any atom is -0.467 e. The maximum Gasteiger partial charge on any atom is 0.328 e. The van der Waals surface area contributed by atoms with Crippen molar-refractivity contribution in [1.29, 1.82) is 0 Å². The maximum atomic E-state index is 13.4. The number of aromatic nitrogens is 2. The Morgan fingerprint density at radius 2 is 1.52 bits per heavy atom. The molecule has 1 unspecified atom stereocenters. The zero-order chi connectivity index (χ0) is 32.0. The van der Waals surface area contributed by atoms with Crippen molar-refractivity contribution in [2.75, 3.05) is 20.3 Å². The van der Waals surface area contributed by atoms with Gasteiger partial charge in [-0.1, -0.05) is 34.1 Å². The first-order valence-electron chi connectivity index (χ1n) is 14.5. The molecule has 0 spiro atoms. The zero-order valence-corrected chi connectivity index (χ0v) is 26.4. The van der Waals surface area contributed by atoms with Crippen LogP contribution in [0.4, 0.5) is 0 Å². The van der Waals surface area contributed by atoms with Gasteiger partial charge in [-0.2, -0.15) is 0 Å². The van der Waals surface area contributed by atoms with E-state index in [1.807, 2.05) is 32.3 Å². The van der Waals surface area contributed by atoms with Crippen LogP contribution in [0.15, 0.2) is 6.20 Å². The first-order valence-corrected chi connectivity index (χ1v) is 14.5. The average Bonchev–Trinajstić information content (AvgIpc) is 3.28. The average molecular weight is 596 g/mol. The van der Waals surface area contributed by atoms with Crippen LogP contribution in [-0.2, 0) is 58.2 Å². The second-order valence-electron chi connectivity index (χ2n) is 10.6. The smallest absolute Gasteiger partial charge is 0.328 e.